The maximum absolute atomic E-state index is 13.0. The molecule has 0 aliphatic rings. The predicted molar refractivity (Wildman–Crippen MR) is 204 cm³/mol. The number of unbranched alkanes of at least 4 members (excludes halogenated alkanes) is 1. The zero-order valence-electron chi connectivity index (χ0n) is 29.7. The van der Waals surface area contributed by atoms with E-state index in [-0.39, 0.29) is 24.7 Å². The van der Waals surface area contributed by atoms with E-state index < -0.39 is 0 Å². The molecule has 0 heterocycles. The Labute approximate surface area is 299 Å². The summed E-state index contributed by atoms with van der Waals surface area (Å²) in [4.78, 5) is 17.5. The number of carbonyl (C=O) groups excluding carboxylic acids is 1. The Morgan fingerprint density at radius 1 is 0.917 bits per heavy atom. The number of amides is 1. The van der Waals surface area contributed by atoms with Crippen LogP contribution >= 0.6 is 23.2 Å². The maximum Gasteiger partial charge on any atom is 0.251 e. The summed E-state index contributed by atoms with van der Waals surface area (Å²) in [5.74, 6) is -0.198. The van der Waals surface area contributed by atoms with Crippen molar-refractivity contribution in [2.24, 2.45) is 4.99 Å². The Morgan fingerprint density at radius 3 is 2.21 bits per heavy atom. The smallest absolute Gasteiger partial charge is 0.251 e. The van der Waals surface area contributed by atoms with E-state index in [1.807, 2.05) is 57.3 Å². The molecular formula is C38H58Cl2N4O4. The van der Waals surface area contributed by atoms with Crippen LogP contribution in [-0.4, -0.2) is 64.5 Å². The molecule has 2 aromatic rings. The highest BCUT2D eigenvalue weighted by Crippen LogP contribution is 2.29. The molecule has 0 saturated heterocycles. The van der Waals surface area contributed by atoms with Crippen LogP contribution in [0.3, 0.4) is 0 Å². The number of rotatable bonds is 25. The number of hydrogen-bond acceptors (Lipinski definition) is 7. The lowest BCUT2D eigenvalue weighted by Gasteiger charge is -2.24. The molecule has 10 heteroatoms. The lowest BCUT2D eigenvalue weighted by Crippen LogP contribution is -2.31. The fourth-order valence-corrected chi connectivity index (χ4v) is 5.05. The average Bonchev–Trinajstić information content (AvgIpc) is 3.06. The van der Waals surface area contributed by atoms with Gasteiger partial charge in [0.15, 0.2) is 0 Å². The van der Waals surface area contributed by atoms with Gasteiger partial charge in [-0.05, 0) is 81.0 Å². The summed E-state index contributed by atoms with van der Waals surface area (Å²) in [5, 5.41) is 10.8. The molecule has 1 amide bonds. The van der Waals surface area contributed by atoms with Crippen LogP contribution in [0, 0.1) is 0 Å². The Morgan fingerprint density at radius 2 is 1.56 bits per heavy atom. The van der Waals surface area contributed by atoms with Crippen LogP contribution in [0.2, 0.25) is 10.0 Å². The first kappa shape index (κ1) is 43.1. The number of nitrogens with one attached hydrogen (secondary N) is 3. The number of ether oxygens (including phenoxy) is 3. The van der Waals surface area contributed by atoms with Crippen molar-refractivity contribution in [2.45, 2.75) is 85.4 Å². The molecule has 268 valence electrons. The van der Waals surface area contributed by atoms with Gasteiger partial charge in [-0.1, -0.05) is 82.1 Å². The number of benzene rings is 2. The number of halogens is 2. The summed E-state index contributed by atoms with van der Waals surface area (Å²) in [6.07, 6.45) is 7.11. The zero-order valence-corrected chi connectivity index (χ0v) is 31.2. The van der Waals surface area contributed by atoms with Crippen LogP contribution < -0.4 is 16.0 Å². The molecule has 0 fully saturated rings. The summed E-state index contributed by atoms with van der Waals surface area (Å²) < 4.78 is 16.6. The molecule has 2 aromatic carbocycles. The molecule has 48 heavy (non-hydrogen) atoms. The van der Waals surface area contributed by atoms with E-state index in [9.17, 15) is 4.79 Å². The number of aliphatic imine (C=N–C) groups is 1. The highest BCUT2D eigenvalue weighted by molar-refractivity contribution is 6.34. The van der Waals surface area contributed by atoms with E-state index in [2.05, 4.69) is 47.9 Å². The van der Waals surface area contributed by atoms with Crippen LogP contribution in [0.15, 0.2) is 71.9 Å². The van der Waals surface area contributed by atoms with Crippen LogP contribution in [-0.2, 0) is 14.2 Å². The van der Waals surface area contributed by atoms with Gasteiger partial charge in [0.05, 0.1) is 39.0 Å². The second-order valence-electron chi connectivity index (χ2n) is 11.1. The Balaban J connectivity index is 0.00000565. The Hall–Kier alpha value is -2.88. The van der Waals surface area contributed by atoms with Crippen LogP contribution in [0.4, 0.5) is 5.69 Å². The third-order valence-corrected chi connectivity index (χ3v) is 7.22. The molecule has 0 radical (unpaired) electrons. The fraction of sp³-hybridized carbons (Fsp3) is 0.526. The Bertz CT molecular complexity index is 1220. The number of nitrogens with zero attached hydrogens (tertiary/aromatic N) is 1. The molecule has 0 aliphatic carbocycles. The van der Waals surface area contributed by atoms with Gasteiger partial charge >= 0.3 is 0 Å². The maximum atomic E-state index is 13.0. The third-order valence-electron chi connectivity index (χ3n) is 6.78. The van der Waals surface area contributed by atoms with E-state index in [1.54, 1.807) is 12.1 Å². The van der Waals surface area contributed by atoms with Gasteiger partial charge in [-0.15, -0.1) is 0 Å². The molecule has 2 atom stereocenters. The van der Waals surface area contributed by atoms with E-state index in [0.717, 1.165) is 55.5 Å². The molecule has 2 unspecified atom stereocenters. The van der Waals surface area contributed by atoms with Gasteiger partial charge < -0.3 is 30.2 Å². The standard InChI is InChI=1S/C36H52Cl2N4O4.C2H6/c1-6-8-14-39-29(5)42-34-13-9-12-30(24-34)36(43)40-26-28(4)41-35(31-22-32(37)25-33(38)23-31)21-27(3)11-10-16-45-18-20-46-19-17-44-15-7-2;1-2/h9,12-14,22-25,29,35,41-42H,3-4,6-8,10-11,15-21,26H2,1-2,5H3,(H,40,43);1-2H3/b39-14-;. The predicted octanol–water partition coefficient (Wildman–Crippen LogP) is 9.41. The quantitative estimate of drug-likeness (QED) is 0.0542. The van der Waals surface area contributed by atoms with Gasteiger partial charge in [0.25, 0.3) is 5.91 Å². The highest BCUT2D eigenvalue weighted by atomic mass is 35.5. The lowest BCUT2D eigenvalue weighted by atomic mass is 9.97. The normalized spacial score (nSPS) is 12.1. The molecule has 0 aliphatic heterocycles. The topological polar surface area (TPSA) is 93.2 Å². The van der Waals surface area contributed by atoms with Crippen LogP contribution in [0.25, 0.3) is 0 Å². The average molecular weight is 706 g/mol. The molecule has 2 rings (SSSR count). The molecule has 0 aromatic heterocycles. The van der Waals surface area contributed by atoms with Crippen molar-refractivity contribution < 1.29 is 19.0 Å². The molecule has 0 saturated carbocycles. The second-order valence-corrected chi connectivity index (χ2v) is 12.0. The Kier molecular flexibility index (Phi) is 24.3. The molecule has 3 N–H and O–H groups in total. The summed E-state index contributed by atoms with van der Waals surface area (Å²) in [7, 11) is 0. The van der Waals surface area contributed by atoms with Crippen molar-refractivity contribution in [1.29, 1.82) is 0 Å². The number of carbonyl (C=O) groups is 1. The van der Waals surface area contributed by atoms with Gasteiger partial charge in [0.1, 0.15) is 6.17 Å². The largest absolute Gasteiger partial charge is 0.380 e. The third kappa shape index (κ3) is 19.8. The lowest BCUT2D eigenvalue weighted by molar-refractivity contribution is 0.0143. The first-order valence-electron chi connectivity index (χ1n) is 17.2. The van der Waals surface area contributed by atoms with Gasteiger partial charge in [-0.2, -0.15) is 0 Å². The van der Waals surface area contributed by atoms with E-state index in [4.69, 9.17) is 37.4 Å². The van der Waals surface area contributed by atoms with Crippen molar-refractivity contribution in [3.63, 3.8) is 0 Å². The first-order chi connectivity index (χ1) is 23.2. The van der Waals surface area contributed by atoms with E-state index in [0.29, 0.717) is 60.8 Å². The van der Waals surface area contributed by atoms with Gasteiger partial charge in [0.2, 0.25) is 0 Å². The fourth-order valence-electron chi connectivity index (χ4n) is 4.51. The van der Waals surface area contributed by atoms with Gasteiger partial charge in [-0.3, -0.25) is 9.79 Å². The van der Waals surface area contributed by atoms with Crippen LogP contribution in [0.5, 0.6) is 0 Å². The summed E-state index contributed by atoms with van der Waals surface area (Å²) in [6, 6.07) is 12.7. The number of hydrogen-bond donors (Lipinski definition) is 3. The highest BCUT2D eigenvalue weighted by Gasteiger charge is 2.16. The summed E-state index contributed by atoms with van der Waals surface area (Å²) >= 11 is 12.7. The SMILES string of the molecule is C=C(CCCOCCOCCOCCC)CC(NC(=C)CNC(=O)c1cccc(NC(C)/N=C\CCC)c1)c1cc(Cl)cc(Cl)c1.CC. The minimum absolute atomic E-state index is 0.0894. The number of anilines is 1. The molecule has 0 spiro atoms. The van der Waals surface area contributed by atoms with Crippen LogP contribution in [0.1, 0.15) is 95.1 Å². The molecular weight excluding hydrogens is 647 g/mol. The minimum Gasteiger partial charge on any atom is -0.380 e. The zero-order chi connectivity index (χ0) is 35.6. The van der Waals surface area contributed by atoms with Crippen molar-refractivity contribution in [1.82, 2.24) is 10.6 Å². The summed E-state index contributed by atoms with van der Waals surface area (Å²) in [6.45, 7) is 22.6. The van der Waals surface area contributed by atoms with Gasteiger partial charge in [0, 0.05) is 46.4 Å². The van der Waals surface area contributed by atoms with Crippen molar-refractivity contribution in [3.8, 4) is 0 Å². The van der Waals surface area contributed by atoms with E-state index in [1.165, 1.54) is 0 Å². The van der Waals surface area contributed by atoms with Gasteiger partial charge in [-0.25, -0.2) is 0 Å². The molecule has 8 nitrogen and oxygen atoms in total. The molecule has 0 bridgehead atoms. The van der Waals surface area contributed by atoms with Crippen molar-refractivity contribution >= 4 is 41.0 Å². The summed E-state index contributed by atoms with van der Waals surface area (Å²) in [5.41, 5.74) is 3.99. The second kappa shape index (κ2) is 27.0. The van der Waals surface area contributed by atoms with Crippen molar-refractivity contribution in [2.75, 3.05) is 51.5 Å². The minimum atomic E-state index is -0.198. The monoisotopic (exact) mass is 704 g/mol. The first-order valence-corrected chi connectivity index (χ1v) is 17.9. The van der Waals surface area contributed by atoms with Crippen molar-refractivity contribution in [3.05, 3.63) is 88.1 Å². The van der Waals surface area contributed by atoms with E-state index >= 15 is 0 Å².